The fourth-order valence-corrected chi connectivity index (χ4v) is 5.81. The number of nitrogens with zero attached hydrogens (tertiary/aromatic N) is 9. The highest BCUT2D eigenvalue weighted by Crippen LogP contribution is 2.38. The van der Waals surface area contributed by atoms with E-state index in [9.17, 15) is 9.65 Å². The smallest absolute Gasteiger partial charge is 0.225 e. The van der Waals surface area contributed by atoms with Crippen molar-refractivity contribution in [1.82, 2.24) is 29.7 Å². The lowest BCUT2D eigenvalue weighted by molar-refractivity contribution is 0.628. The van der Waals surface area contributed by atoms with Crippen molar-refractivity contribution in [2.75, 3.05) is 29.4 Å². The minimum Gasteiger partial charge on any atom is -0.341 e. The molecule has 39 heavy (non-hydrogen) atoms. The van der Waals surface area contributed by atoms with E-state index >= 15 is 0 Å². The predicted molar refractivity (Wildman–Crippen MR) is 151 cm³/mol. The summed E-state index contributed by atoms with van der Waals surface area (Å²) in [5, 5.41) is 15.3. The Kier molecular flexibility index (Phi) is 6.62. The van der Waals surface area contributed by atoms with Crippen LogP contribution in [-0.2, 0) is 6.54 Å². The molecule has 0 unspecified atom stereocenters. The lowest BCUT2D eigenvalue weighted by Crippen LogP contribution is -2.20. The number of aryl methyl sites for hydroxylation is 1. The second kappa shape index (κ2) is 10.4. The van der Waals surface area contributed by atoms with Crippen LogP contribution in [0.4, 0.5) is 21.3 Å². The predicted octanol–water partition coefficient (Wildman–Crippen LogP) is 5.80. The normalized spacial score (nSPS) is 13.2. The SMILES string of the molecule is CCN(c1nc(-c2ccc(F)cc2)c(C#N)s1)c1c2nc(-c3cnc(N4CCCC4)nc3)ccc2nn1CC. The van der Waals surface area contributed by atoms with E-state index in [0.29, 0.717) is 34.4 Å². The lowest BCUT2D eigenvalue weighted by Gasteiger charge is -2.20. The average molecular weight is 540 g/mol. The molecule has 1 aromatic carbocycles. The Balaban J connectivity index is 1.41. The zero-order chi connectivity index (χ0) is 26.9. The van der Waals surface area contributed by atoms with Gasteiger partial charge in [0.05, 0.1) is 5.69 Å². The Morgan fingerprint density at radius 1 is 1.00 bits per heavy atom. The first kappa shape index (κ1) is 24.9. The van der Waals surface area contributed by atoms with Crippen molar-refractivity contribution in [1.29, 1.82) is 5.26 Å². The topological polar surface area (TPSA) is 99.7 Å². The van der Waals surface area contributed by atoms with E-state index in [2.05, 4.69) is 20.9 Å². The Morgan fingerprint density at radius 3 is 2.41 bits per heavy atom. The Bertz CT molecular complexity index is 1660. The summed E-state index contributed by atoms with van der Waals surface area (Å²) in [7, 11) is 0. The van der Waals surface area contributed by atoms with Crippen LogP contribution in [0.1, 0.15) is 31.6 Å². The number of aromatic nitrogens is 6. The van der Waals surface area contributed by atoms with Crippen molar-refractivity contribution in [2.24, 2.45) is 0 Å². The summed E-state index contributed by atoms with van der Waals surface area (Å²) in [5.74, 6) is 1.22. The first-order chi connectivity index (χ1) is 19.1. The van der Waals surface area contributed by atoms with E-state index in [1.807, 2.05) is 48.0 Å². The van der Waals surface area contributed by atoms with Crippen LogP contribution in [0.15, 0.2) is 48.8 Å². The first-order valence-electron chi connectivity index (χ1n) is 13.0. The molecule has 0 saturated carbocycles. The van der Waals surface area contributed by atoms with Gasteiger partial charge < -0.3 is 9.80 Å². The monoisotopic (exact) mass is 539 g/mol. The third-order valence-electron chi connectivity index (χ3n) is 6.82. The molecule has 1 saturated heterocycles. The summed E-state index contributed by atoms with van der Waals surface area (Å²) in [6.45, 7) is 7.25. The van der Waals surface area contributed by atoms with E-state index in [1.165, 1.54) is 36.3 Å². The minimum absolute atomic E-state index is 0.334. The molecule has 0 amide bonds. The molecule has 0 aliphatic carbocycles. The number of hydrogen-bond donors (Lipinski definition) is 0. The van der Waals surface area contributed by atoms with Gasteiger partial charge >= 0.3 is 0 Å². The highest BCUT2D eigenvalue weighted by molar-refractivity contribution is 7.16. The van der Waals surface area contributed by atoms with Crippen LogP contribution in [0.5, 0.6) is 0 Å². The molecule has 11 heteroatoms. The van der Waals surface area contributed by atoms with Crippen molar-refractivity contribution in [2.45, 2.75) is 33.2 Å². The number of hydrogen-bond acceptors (Lipinski definition) is 9. The standard InChI is InChI=1S/C28H26FN9S/c1-3-37(28-34-24(23(15-30)39-28)18-7-9-20(29)10-8-18)26-25-22(35-38(26)4-2)12-11-21(33-25)19-16-31-27(32-17-19)36-13-5-6-14-36/h7-12,16-17H,3-6,13-14H2,1-2H3. The summed E-state index contributed by atoms with van der Waals surface area (Å²) in [6.07, 6.45) is 5.99. The van der Waals surface area contributed by atoms with Crippen molar-refractivity contribution >= 4 is 39.3 Å². The first-order valence-corrected chi connectivity index (χ1v) is 13.8. The molecule has 1 aliphatic rings. The molecule has 1 aliphatic heterocycles. The zero-order valence-corrected chi connectivity index (χ0v) is 22.5. The molecule has 4 aromatic heterocycles. The molecule has 0 N–H and O–H groups in total. The number of pyridine rings is 1. The molecule has 9 nitrogen and oxygen atoms in total. The Labute approximate surface area is 229 Å². The fourth-order valence-electron chi connectivity index (χ4n) is 4.86. The number of benzene rings is 1. The molecule has 0 atom stereocenters. The maximum atomic E-state index is 13.5. The van der Waals surface area contributed by atoms with Crippen LogP contribution >= 0.6 is 11.3 Å². The van der Waals surface area contributed by atoms with Gasteiger partial charge in [-0.25, -0.2) is 29.0 Å². The summed E-state index contributed by atoms with van der Waals surface area (Å²) < 4.78 is 15.4. The van der Waals surface area contributed by atoms with Gasteiger partial charge in [-0.15, -0.1) is 0 Å². The number of rotatable bonds is 7. The van der Waals surface area contributed by atoms with Gasteiger partial charge in [-0.3, -0.25) is 0 Å². The molecular formula is C28H26FN9S. The Morgan fingerprint density at radius 2 is 1.74 bits per heavy atom. The maximum Gasteiger partial charge on any atom is 0.225 e. The molecule has 5 aromatic rings. The van der Waals surface area contributed by atoms with Gasteiger partial charge in [-0.1, -0.05) is 11.3 Å². The van der Waals surface area contributed by atoms with E-state index in [4.69, 9.17) is 15.1 Å². The lowest BCUT2D eigenvalue weighted by atomic mass is 10.1. The van der Waals surface area contributed by atoms with Gasteiger partial charge in [0.25, 0.3) is 0 Å². The molecule has 1 fully saturated rings. The number of halogens is 1. The molecular weight excluding hydrogens is 513 g/mol. The van der Waals surface area contributed by atoms with Crippen molar-refractivity contribution < 1.29 is 4.39 Å². The molecule has 6 rings (SSSR count). The summed E-state index contributed by atoms with van der Waals surface area (Å²) in [6, 6.07) is 12.2. The van der Waals surface area contributed by atoms with E-state index < -0.39 is 0 Å². The van der Waals surface area contributed by atoms with Crippen molar-refractivity contribution in [3.8, 4) is 28.6 Å². The van der Waals surface area contributed by atoms with Crippen LogP contribution in [0.2, 0.25) is 0 Å². The number of nitriles is 1. The van der Waals surface area contributed by atoms with Gasteiger partial charge in [-0.2, -0.15) is 10.4 Å². The van der Waals surface area contributed by atoms with Crippen molar-refractivity contribution in [3.05, 3.63) is 59.5 Å². The maximum absolute atomic E-state index is 13.5. The third-order valence-corrected chi connectivity index (χ3v) is 7.80. The largest absolute Gasteiger partial charge is 0.341 e. The summed E-state index contributed by atoms with van der Waals surface area (Å²) in [4.78, 5) is 23.7. The van der Waals surface area contributed by atoms with E-state index in [0.717, 1.165) is 47.1 Å². The van der Waals surface area contributed by atoms with Crippen LogP contribution in [0.3, 0.4) is 0 Å². The highest BCUT2D eigenvalue weighted by atomic mass is 32.1. The van der Waals surface area contributed by atoms with Gasteiger partial charge in [0.15, 0.2) is 10.9 Å². The van der Waals surface area contributed by atoms with Crippen LogP contribution < -0.4 is 9.80 Å². The van der Waals surface area contributed by atoms with Crippen molar-refractivity contribution in [3.63, 3.8) is 0 Å². The van der Waals surface area contributed by atoms with E-state index in [-0.39, 0.29) is 5.82 Å². The summed E-state index contributed by atoms with van der Waals surface area (Å²) in [5.41, 5.74) is 4.31. The third kappa shape index (κ3) is 4.57. The molecule has 5 heterocycles. The van der Waals surface area contributed by atoms with Gasteiger partial charge in [-0.05, 0) is 63.1 Å². The van der Waals surface area contributed by atoms with Crippen LogP contribution in [0, 0.1) is 17.1 Å². The highest BCUT2D eigenvalue weighted by Gasteiger charge is 2.24. The number of thiazole rings is 1. The molecule has 196 valence electrons. The summed E-state index contributed by atoms with van der Waals surface area (Å²) >= 11 is 1.30. The minimum atomic E-state index is -0.334. The van der Waals surface area contributed by atoms with Crippen LogP contribution in [-0.4, -0.2) is 49.4 Å². The number of fused-ring (bicyclic) bond motifs is 1. The second-order valence-corrected chi connectivity index (χ2v) is 10.2. The van der Waals surface area contributed by atoms with E-state index in [1.54, 1.807) is 12.1 Å². The molecule has 0 spiro atoms. The van der Waals surface area contributed by atoms with Crippen LogP contribution in [0.25, 0.3) is 33.5 Å². The molecule has 0 bridgehead atoms. The van der Waals surface area contributed by atoms with Gasteiger partial charge in [0.2, 0.25) is 5.95 Å². The van der Waals surface area contributed by atoms with Gasteiger partial charge in [0, 0.05) is 49.7 Å². The quantitative estimate of drug-likeness (QED) is 0.256. The Hall–Kier alpha value is -4.43. The van der Waals surface area contributed by atoms with Gasteiger partial charge in [0.1, 0.15) is 33.5 Å². The molecule has 0 radical (unpaired) electrons. The fraction of sp³-hybridized carbons (Fsp3) is 0.286. The average Bonchev–Trinajstić information content (AvgIpc) is 3.73. The zero-order valence-electron chi connectivity index (χ0n) is 21.7. The number of anilines is 3. The second-order valence-electron chi connectivity index (χ2n) is 9.21.